The van der Waals surface area contributed by atoms with Crippen molar-refractivity contribution in [1.82, 2.24) is 4.90 Å². The molecule has 13 atom stereocenters. The van der Waals surface area contributed by atoms with Gasteiger partial charge in [0, 0.05) is 45.4 Å². The molecular formula is C48H68N2O11. The van der Waals surface area contributed by atoms with Gasteiger partial charge in [-0.25, -0.2) is 9.86 Å². The van der Waals surface area contributed by atoms with Crippen LogP contribution in [0, 0.1) is 23.7 Å². The van der Waals surface area contributed by atoms with E-state index in [0.29, 0.717) is 50.5 Å². The number of hydroxylamine groups is 1. The topological polar surface area (TPSA) is 158 Å². The second kappa shape index (κ2) is 21.9. The highest BCUT2D eigenvalue weighted by molar-refractivity contribution is 6.38. The summed E-state index contributed by atoms with van der Waals surface area (Å²) >= 11 is 0. The number of hydrogen-bond acceptors (Lipinski definition) is 12. The Kier molecular flexibility index (Phi) is 17.2. The molecule has 0 radical (unpaired) electrons. The summed E-state index contributed by atoms with van der Waals surface area (Å²) < 4.78 is 23.8. The summed E-state index contributed by atoms with van der Waals surface area (Å²) in [6.07, 6.45) is 6.11. The van der Waals surface area contributed by atoms with E-state index in [1.165, 1.54) is 12.0 Å². The Morgan fingerprint density at radius 1 is 0.803 bits per heavy atom. The fourth-order valence-electron chi connectivity index (χ4n) is 9.22. The number of carbonyl (C=O) groups excluding carboxylic acids is 5. The molecule has 61 heavy (non-hydrogen) atoms. The normalized spacial score (nSPS) is 37.7. The lowest BCUT2D eigenvalue weighted by atomic mass is 9.84. The number of ether oxygens (including phenoxy) is 4. The molecule has 2 fully saturated rings. The van der Waals surface area contributed by atoms with E-state index in [0.717, 1.165) is 11.3 Å². The number of para-hydroxylation sites is 1. The number of ketones is 3. The summed E-state index contributed by atoms with van der Waals surface area (Å²) in [5.74, 6) is -4.05. The molecule has 5 aliphatic rings. The van der Waals surface area contributed by atoms with Crippen LogP contribution in [-0.4, -0.2) is 115 Å². The third-order valence-electron chi connectivity index (χ3n) is 12.9. The molecule has 1 aromatic rings. The standard InChI is InChI=1S/C48H68N2O11/c1-28-18-19-36-27-41(57-8)31(4)25-37-20-21-38(50(61-37)35-15-11-10-12-16-35)29(2)23-32(5)42(52)46(58-9)43(53)33(6)24-30(3)40(51)26-34(7)59-48(56)39-17-13-14-22-49(39)47(55)44(54)45(28)60-36/h10-12,15-16,20-21,24-25,28-30,32,34,36-39,41,43,45-46,53H,13-14,17-19,22-23,26-27H2,1-9H3/b31-25+,33-24+. The smallest absolute Gasteiger partial charge is 0.329 e. The number of aliphatic hydroxyl groups is 1. The van der Waals surface area contributed by atoms with Crippen LogP contribution in [0.5, 0.6) is 0 Å². The number of Topliss-reactive ketones (excluding diaryl/α,β-unsaturated/α-hetero) is 3. The third-order valence-corrected chi connectivity index (χ3v) is 12.9. The van der Waals surface area contributed by atoms with Crippen molar-refractivity contribution in [2.45, 2.75) is 155 Å². The number of methoxy groups -OCH3 is 2. The van der Waals surface area contributed by atoms with Gasteiger partial charge >= 0.3 is 5.97 Å². The number of esters is 1. The van der Waals surface area contributed by atoms with Gasteiger partial charge < -0.3 is 29.0 Å². The Labute approximate surface area is 361 Å². The SMILES string of the molecule is COC1CC2CCC(C)C(O2)C(=O)C(=O)N2CCCCC2C(=O)OC(C)CC(=O)C(C)/C=C(\C)C(O)C(OC)C(=O)C(C)CC(C)C2C=CC(/C=C/1C)ON2c1ccccc1. The quantitative estimate of drug-likeness (QED) is 0.206. The Hall–Kier alpha value is -4.01. The maximum Gasteiger partial charge on any atom is 0.329 e. The van der Waals surface area contributed by atoms with Gasteiger partial charge in [0.2, 0.25) is 5.78 Å². The molecule has 4 bridgehead atoms. The molecule has 13 nitrogen and oxygen atoms in total. The van der Waals surface area contributed by atoms with Gasteiger partial charge in [-0.05, 0) is 100 Å². The van der Waals surface area contributed by atoms with Crippen molar-refractivity contribution < 1.29 is 52.9 Å². The molecule has 5 heterocycles. The zero-order valence-corrected chi connectivity index (χ0v) is 37.5. The van der Waals surface area contributed by atoms with Crippen molar-refractivity contribution in [2.75, 3.05) is 25.8 Å². The zero-order chi connectivity index (χ0) is 44.5. The van der Waals surface area contributed by atoms with Gasteiger partial charge in [0.1, 0.15) is 42.3 Å². The van der Waals surface area contributed by atoms with Gasteiger partial charge in [-0.2, -0.15) is 0 Å². The van der Waals surface area contributed by atoms with Crippen molar-refractivity contribution in [3.63, 3.8) is 0 Å². The van der Waals surface area contributed by atoms with Crippen molar-refractivity contribution in [3.8, 4) is 0 Å². The number of piperidine rings is 1. The Morgan fingerprint density at radius 3 is 2.21 bits per heavy atom. The van der Waals surface area contributed by atoms with Gasteiger partial charge in [0.05, 0.1) is 23.9 Å². The van der Waals surface area contributed by atoms with Crippen molar-refractivity contribution in [1.29, 1.82) is 0 Å². The molecule has 13 unspecified atom stereocenters. The van der Waals surface area contributed by atoms with E-state index in [1.54, 1.807) is 34.0 Å². The van der Waals surface area contributed by atoms with Gasteiger partial charge in [-0.15, -0.1) is 0 Å². The van der Waals surface area contributed by atoms with Gasteiger partial charge in [0.25, 0.3) is 5.91 Å². The first-order chi connectivity index (χ1) is 29.0. The summed E-state index contributed by atoms with van der Waals surface area (Å²) in [6, 6.07) is 8.58. The predicted molar refractivity (Wildman–Crippen MR) is 230 cm³/mol. The third kappa shape index (κ3) is 11.9. The summed E-state index contributed by atoms with van der Waals surface area (Å²) in [5, 5.41) is 13.3. The minimum absolute atomic E-state index is 0.0710. The van der Waals surface area contributed by atoms with Crippen LogP contribution in [0.1, 0.15) is 99.8 Å². The maximum atomic E-state index is 14.0. The van der Waals surface area contributed by atoms with E-state index in [1.807, 2.05) is 68.3 Å². The average molecular weight is 849 g/mol. The van der Waals surface area contributed by atoms with Crippen molar-refractivity contribution >= 4 is 34.9 Å². The van der Waals surface area contributed by atoms with E-state index >= 15 is 0 Å². The van der Waals surface area contributed by atoms with E-state index in [4.69, 9.17) is 23.8 Å². The van der Waals surface area contributed by atoms with Gasteiger partial charge in [0.15, 0.2) is 5.78 Å². The minimum atomic E-state index is -1.30. The maximum absolute atomic E-state index is 14.0. The number of aliphatic hydroxyl groups excluding tert-OH is 1. The highest BCUT2D eigenvalue weighted by Gasteiger charge is 2.43. The number of hydrogen-bond donors (Lipinski definition) is 1. The summed E-state index contributed by atoms with van der Waals surface area (Å²) in [4.78, 5) is 76.8. The Bertz CT molecular complexity index is 1790. The molecule has 6 rings (SSSR count). The number of rotatable bonds is 3. The molecule has 0 aromatic heterocycles. The number of allylic oxidation sites excluding steroid dienone is 1. The number of fused-ring (bicyclic) bond motifs is 16. The van der Waals surface area contributed by atoms with Crippen molar-refractivity contribution in [2.24, 2.45) is 23.7 Å². The first kappa shape index (κ1) is 48.0. The monoisotopic (exact) mass is 848 g/mol. The molecule has 5 aliphatic heterocycles. The van der Waals surface area contributed by atoms with E-state index in [9.17, 15) is 29.1 Å². The molecule has 336 valence electrons. The van der Waals surface area contributed by atoms with Crippen LogP contribution in [0.4, 0.5) is 5.69 Å². The lowest BCUT2D eigenvalue weighted by Crippen LogP contribution is -2.55. The summed E-state index contributed by atoms with van der Waals surface area (Å²) in [5.41, 5.74) is 2.17. The molecule has 1 aromatic carbocycles. The molecule has 2 saturated heterocycles. The lowest BCUT2D eigenvalue weighted by molar-refractivity contribution is -0.168. The van der Waals surface area contributed by atoms with Crippen LogP contribution in [0.15, 0.2) is 65.8 Å². The van der Waals surface area contributed by atoms with Gasteiger partial charge in [-0.1, -0.05) is 64.1 Å². The van der Waals surface area contributed by atoms with Crippen molar-refractivity contribution in [3.05, 3.63) is 65.8 Å². The molecule has 0 aliphatic carbocycles. The first-order valence-electron chi connectivity index (χ1n) is 22.1. The second-order valence-electron chi connectivity index (χ2n) is 17.8. The largest absolute Gasteiger partial charge is 0.461 e. The first-order valence-corrected chi connectivity index (χ1v) is 22.1. The molecule has 1 N–H and O–H groups in total. The molecule has 0 saturated carbocycles. The van der Waals surface area contributed by atoms with E-state index in [2.05, 4.69) is 13.0 Å². The molecular weight excluding hydrogens is 781 g/mol. The van der Waals surface area contributed by atoms with Crippen LogP contribution in [0.25, 0.3) is 0 Å². The van der Waals surface area contributed by atoms with Crippen LogP contribution in [0.3, 0.4) is 0 Å². The number of benzene rings is 1. The second-order valence-corrected chi connectivity index (χ2v) is 17.8. The Morgan fingerprint density at radius 2 is 1.52 bits per heavy atom. The van der Waals surface area contributed by atoms with Crippen LogP contribution < -0.4 is 5.06 Å². The zero-order valence-electron chi connectivity index (χ0n) is 37.5. The number of amides is 1. The van der Waals surface area contributed by atoms with E-state index in [-0.39, 0.29) is 54.6 Å². The Balaban J connectivity index is 1.46. The van der Waals surface area contributed by atoms with Crippen LogP contribution in [-0.2, 0) is 47.8 Å². The lowest BCUT2D eigenvalue weighted by Gasteiger charge is -2.40. The number of nitrogens with zero attached hydrogens (tertiary/aromatic N) is 2. The summed E-state index contributed by atoms with van der Waals surface area (Å²) in [6.45, 7) is 13.0. The average Bonchev–Trinajstić information content (AvgIpc) is 3.25. The fourth-order valence-corrected chi connectivity index (χ4v) is 9.22. The minimum Gasteiger partial charge on any atom is -0.461 e. The van der Waals surface area contributed by atoms with E-state index < -0.39 is 66.1 Å². The molecule has 13 heteroatoms. The fraction of sp³-hybridized carbons (Fsp3) is 0.646. The van der Waals surface area contributed by atoms with Gasteiger partial charge in [-0.3, -0.25) is 24.0 Å². The molecule has 1 amide bonds. The molecule has 0 spiro atoms. The van der Waals surface area contributed by atoms with Crippen LogP contribution >= 0.6 is 0 Å². The number of anilines is 1. The van der Waals surface area contributed by atoms with Crippen LogP contribution in [0.2, 0.25) is 0 Å². The highest BCUT2D eigenvalue weighted by Crippen LogP contribution is 2.34. The summed E-state index contributed by atoms with van der Waals surface area (Å²) in [7, 11) is 3.02. The predicted octanol–water partition coefficient (Wildman–Crippen LogP) is 6.31. The highest BCUT2D eigenvalue weighted by atomic mass is 16.7. The number of carbonyl (C=O) groups is 5.